The van der Waals surface area contributed by atoms with Gasteiger partial charge < -0.3 is 4.74 Å². The van der Waals surface area contributed by atoms with Crippen molar-refractivity contribution in [3.63, 3.8) is 0 Å². The number of sulfonamides is 1. The van der Waals surface area contributed by atoms with E-state index in [0.29, 0.717) is 24.0 Å². The fraction of sp³-hybridized carbons (Fsp3) is 0.150. The van der Waals surface area contributed by atoms with E-state index in [-0.39, 0.29) is 10.6 Å². The van der Waals surface area contributed by atoms with Crippen molar-refractivity contribution in [3.8, 4) is 5.75 Å². The van der Waals surface area contributed by atoms with Crippen LogP contribution in [0.3, 0.4) is 0 Å². The molecule has 8 heteroatoms. The number of anilines is 1. The molecule has 1 amide bonds. The van der Waals surface area contributed by atoms with Gasteiger partial charge in [-0.05, 0) is 35.9 Å². The third kappa shape index (κ3) is 3.28. The van der Waals surface area contributed by atoms with Crippen molar-refractivity contribution in [1.29, 1.82) is 0 Å². The summed E-state index contributed by atoms with van der Waals surface area (Å²) in [5.74, 6) is -0.372. The predicted molar refractivity (Wildman–Crippen MR) is 104 cm³/mol. The monoisotopic (exact) mass is 398 g/mol. The average molecular weight is 398 g/mol. The van der Waals surface area contributed by atoms with E-state index in [2.05, 4.69) is 4.72 Å². The molecule has 0 spiro atoms. The molecule has 4 rings (SSSR count). The van der Waals surface area contributed by atoms with Gasteiger partial charge in [-0.2, -0.15) is 0 Å². The summed E-state index contributed by atoms with van der Waals surface area (Å²) in [5.41, 5.74) is 2.62. The van der Waals surface area contributed by atoms with Crippen LogP contribution in [-0.4, -0.2) is 25.6 Å². The number of ether oxygens (including phenoxy) is 1. The number of carbonyl (C=O) groups is 1. The van der Waals surface area contributed by atoms with E-state index < -0.39 is 22.0 Å². The van der Waals surface area contributed by atoms with Crippen molar-refractivity contribution >= 4 is 32.4 Å². The summed E-state index contributed by atoms with van der Waals surface area (Å²) in [5, 5.41) is 10.3. The molecule has 3 aromatic rings. The maximum absolute atomic E-state index is 13.1. The topological polar surface area (TPSA) is 105 Å². The molecule has 1 aliphatic rings. The second kappa shape index (κ2) is 7.14. The molecular weight excluding hydrogens is 380 g/mol. The first kappa shape index (κ1) is 18.3. The van der Waals surface area contributed by atoms with Gasteiger partial charge in [0.2, 0.25) is 0 Å². The molecule has 0 aliphatic carbocycles. The molecule has 0 fully saturated rings. The predicted octanol–water partition coefficient (Wildman–Crippen LogP) is 2.84. The number of rotatable bonds is 4. The molecule has 0 saturated heterocycles. The van der Waals surface area contributed by atoms with E-state index in [1.807, 2.05) is 24.3 Å². The van der Waals surface area contributed by atoms with Gasteiger partial charge in [0.25, 0.3) is 15.9 Å². The van der Waals surface area contributed by atoms with Crippen molar-refractivity contribution in [1.82, 2.24) is 5.48 Å². The molecule has 144 valence electrons. The van der Waals surface area contributed by atoms with Crippen LogP contribution in [0, 0.1) is 0 Å². The van der Waals surface area contributed by atoms with Crippen LogP contribution in [0.5, 0.6) is 5.75 Å². The normalized spacial score (nSPS) is 16.1. The molecule has 1 unspecified atom stereocenters. The van der Waals surface area contributed by atoms with E-state index in [0.717, 1.165) is 10.9 Å². The Hall–Kier alpha value is -3.10. The number of hydrogen-bond donors (Lipinski definition) is 3. The van der Waals surface area contributed by atoms with E-state index >= 15 is 0 Å². The highest BCUT2D eigenvalue weighted by Gasteiger charge is 2.29. The van der Waals surface area contributed by atoms with Crippen molar-refractivity contribution in [2.75, 3.05) is 4.72 Å². The lowest BCUT2D eigenvalue weighted by Gasteiger charge is -2.26. The van der Waals surface area contributed by atoms with E-state index in [1.54, 1.807) is 41.9 Å². The lowest BCUT2D eigenvalue weighted by molar-refractivity contribution is -0.137. The van der Waals surface area contributed by atoms with Crippen molar-refractivity contribution in [2.24, 2.45) is 0 Å². The average Bonchev–Trinajstić information content (AvgIpc) is 2.72. The van der Waals surface area contributed by atoms with E-state index in [1.165, 1.54) is 0 Å². The fourth-order valence-corrected chi connectivity index (χ4v) is 4.67. The van der Waals surface area contributed by atoms with Gasteiger partial charge in [0.05, 0.1) is 10.6 Å². The van der Waals surface area contributed by atoms with Crippen molar-refractivity contribution in [3.05, 3.63) is 66.2 Å². The first-order chi connectivity index (χ1) is 13.5. The van der Waals surface area contributed by atoms with Gasteiger partial charge in [0.1, 0.15) is 5.75 Å². The molecule has 0 radical (unpaired) electrons. The van der Waals surface area contributed by atoms with Crippen molar-refractivity contribution < 1.29 is 23.2 Å². The van der Waals surface area contributed by atoms with Crippen LogP contribution in [0.15, 0.2) is 65.6 Å². The zero-order chi connectivity index (χ0) is 19.7. The lowest BCUT2D eigenvalue weighted by Crippen LogP contribution is -2.39. The Bertz CT molecular complexity index is 1150. The standard InChI is InChI=1S/C20H18N2O5S/c23-20(21-24)17-12-11-14-7-3-9-16(19(14)27-17)22-28(25,26)18-10-4-6-13-5-1-2-8-15(13)18/h1-10,17,22,24H,11-12H2,(H,21,23). The summed E-state index contributed by atoms with van der Waals surface area (Å²) in [6, 6.07) is 17.4. The van der Waals surface area contributed by atoms with Crippen LogP contribution < -0.4 is 14.9 Å². The van der Waals surface area contributed by atoms with Gasteiger partial charge in [-0.1, -0.05) is 48.5 Å². The number of aryl methyl sites for hydroxylation is 1. The Labute approximate surface area is 162 Å². The highest BCUT2D eigenvalue weighted by atomic mass is 32.2. The Kier molecular flexibility index (Phi) is 4.66. The van der Waals surface area contributed by atoms with E-state index in [4.69, 9.17) is 9.94 Å². The van der Waals surface area contributed by atoms with Gasteiger partial charge in [-0.15, -0.1) is 0 Å². The van der Waals surface area contributed by atoms with Crippen LogP contribution in [0.1, 0.15) is 12.0 Å². The number of hydrogen-bond acceptors (Lipinski definition) is 5. The summed E-state index contributed by atoms with van der Waals surface area (Å²) < 4.78 is 34.4. The van der Waals surface area contributed by atoms with Crippen LogP contribution in [-0.2, 0) is 21.2 Å². The molecule has 0 saturated carbocycles. The largest absolute Gasteiger partial charge is 0.478 e. The quantitative estimate of drug-likeness (QED) is 0.463. The molecule has 1 aliphatic heterocycles. The first-order valence-corrected chi connectivity index (χ1v) is 10.2. The number of carbonyl (C=O) groups excluding carboxylic acids is 1. The third-order valence-electron chi connectivity index (χ3n) is 4.72. The highest BCUT2D eigenvalue weighted by Crippen LogP contribution is 2.36. The Morgan fingerprint density at radius 1 is 1.04 bits per heavy atom. The zero-order valence-corrected chi connectivity index (χ0v) is 15.6. The van der Waals surface area contributed by atoms with Crippen LogP contribution in [0.25, 0.3) is 10.8 Å². The summed E-state index contributed by atoms with van der Waals surface area (Å²) in [6.07, 6.45) is 0.0246. The fourth-order valence-electron chi connectivity index (χ4n) is 3.38. The number of amides is 1. The van der Waals surface area contributed by atoms with Gasteiger partial charge in [0.15, 0.2) is 6.10 Å². The van der Waals surface area contributed by atoms with Gasteiger partial charge in [0, 0.05) is 5.39 Å². The lowest BCUT2D eigenvalue weighted by atomic mass is 10.0. The molecule has 1 heterocycles. The Morgan fingerprint density at radius 3 is 2.61 bits per heavy atom. The molecule has 3 aromatic carbocycles. The Balaban J connectivity index is 1.73. The maximum Gasteiger partial charge on any atom is 0.284 e. The first-order valence-electron chi connectivity index (χ1n) is 8.72. The molecular formula is C20H18N2O5S. The number of hydroxylamine groups is 1. The number of para-hydroxylation sites is 1. The molecule has 28 heavy (non-hydrogen) atoms. The molecule has 7 nitrogen and oxygen atoms in total. The van der Waals surface area contributed by atoms with Crippen LogP contribution in [0.4, 0.5) is 5.69 Å². The third-order valence-corrected chi connectivity index (χ3v) is 6.14. The second-order valence-electron chi connectivity index (χ2n) is 6.50. The molecule has 0 aromatic heterocycles. The summed E-state index contributed by atoms with van der Waals surface area (Å²) in [7, 11) is -3.90. The summed E-state index contributed by atoms with van der Waals surface area (Å²) >= 11 is 0. The van der Waals surface area contributed by atoms with Crippen molar-refractivity contribution in [2.45, 2.75) is 23.8 Å². The van der Waals surface area contributed by atoms with Gasteiger partial charge in [-0.25, -0.2) is 13.9 Å². The summed E-state index contributed by atoms with van der Waals surface area (Å²) in [6.45, 7) is 0. The SMILES string of the molecule is O=C(NO)C1CCc2cccc(NS(=O)(=O)c3cccc4ccccc34)c2O1. The minimum absolute atomic E-state index is 0.156. The number of benzene rings is 3. The molecule has 3 N–H and O–H groups in total. The zero-order valence-electron chi connectivity index (χ0n) is 14.8. The second-order valence-corrected chi connectivity index (χ2v) is 8.15. The van der Waals surface area contributed by atoms with Crippen LogP contribution >= 0.6 is 0 Å². The number of fused-ring (bicyclic) bond motifs is 2. The maximum atomic E-state index is 13.1. The van der Waals surface area contributed by atoms with E-state index in [9.17, 15) is 13.2 Å². The number of nitrogens with one attached hydrogen (secondary N) is 2. The smallest absolute Gasteiger partial charge is 0.284 e. The minimum Gasteiger partial charge on any atom is -0.478 e. The minimum atomic E-state index is -3.90. The molecule has 1 atom stereocenters. The highest BCUT2D eigenvalue weighted by molar-refractivity contribution is 7.93. The summed E-state index contributed by atoms with van der Waals surface area (Å²) in [4.78, 5) is 11.9. The van der Waals surface area contributed by atoms with Gasteiger partial charge >= 0.3 is 0 Å². The van der Waals surface area contributed by atoms with Crippen LogP contribution in [0.2, 0.25) is 0 Å². The Morgan fingerprint density at radius 2 is 1.79 bits per heavy atom. The molecule has 0 bridgehead atoms. The van der Waals surface area contributed by atoms with Gasteiger partial charge in [-0.3, -0.25) is 14.7 Å².